The van der Waals surface area contributed by atoms with Crippen molar-refractivity contribution in [1.82, 2.24) is 5.32 Å². The minimum atomic E-state index is 0.162. The first-order valence-electron chi connectivity index (χ1n) is 10.1. The van der Waals surface area contributed by atoms with Gasteiger partial charge in [-0.2, -0.15) is 0 Å². The third kappa shape index (κ3) is 5.46. The monoisotopic (exact) mass is 381 g/mol. The molecule has 0 saturated carbocycles. The molecule has 1 aliphatic heterocycles. The van der Waals surface area contributed by atoms with Gasteiger partial charge >= 0.3 is 0 Å². The highest BCUT2D eigenvalue weighted by molar-refractivity contribution is 7.80. The van der Waals surface area contributed by atoms with Crippen molar-refractivity contribution in [1.29, 1.82) is 0 Å². The average Bonchev–Trinajstić information content (AvgIpc) is 2.69. The van der Waals surface area contributed by atoms with Crippen LogP contribution in [0.15, 0.2) is 48.5 Å². The van der Waals surface area contributed by atoms with Gasteiger partial charge in [0.05, 0.1) is 6.04 Å². The van der Waals surface area contributed by atoms with Gasteiger partial charge in [0, 0.05) is 24.5 Å². The topological polar surface area (TPSA) is 27.3 Å². The Kier molecular flexibility index (Phi) is 6.73. The summed E-state index contributed by atoms with van der Waals surface area (Å²) in [5.41, 5.74) is 4.92. The Morgan fingerprint density at radius 3 is 2.30 bits per heavy atom. The maximum Gasteiger partial charge on any atom is 0.171 e. The van der Waals surface area contributed by atoms with Gasteiger partial charge in [0.1, 0.15) is 0 Å². The summed E-state index contributed by atoms with van der Waals surface area (Å²) < 4.78 is 0. The van der Waals surface area contributed by atoms with Crippen molar-refractivity contribution in [2.45, 2.75) is 46.1 Å². The van der Waals surface area contributed by atoms with Crippen molar-refractivity contribution in [3.63, 3.8) is 0 Å². The number of benzene rings is 2. The Labute approximate surface area is 169 Å². The smallest absolute Gasteiger partial charge is 0.171 e. The van der Waals surface area contributed by atoms with E-state index in [1.165, 1.54) is 42.7 Å². The zero-order chi connectivity index (χ0) is 19.2. The number of thiocarbonyl (C=S) groups is 1. The summed E-state index contributed by atoms with van der Waals surface area (Å²) in [5.74, 6) is 0.858. The van der Waals surface area contributed by atoms with Gasteiger partial charge in [-0.1, -0.05) is 38.1 Å². The molecule has 1 saturated heterocycles. The lowest BCUT2D eigenvalue weighted by Crippen LogP contribution is -2.33. The second-order valence-electron chi connectivity index (χ2n) is 7.63. The molecule has 1 atom stereocenters. The number of nitrogens with zero attached hydrogens (tertiary/aromatic N) is 1. The first kappa shape index (κ1) is 19.7. The molecular formula is C23H31N3S. The van der Waals surface area contributed by atoms with E-state index in [1.54, 1.807) is 0 Å². The van der Waals surface area contributed by atoms with Crippen LogP contribution in [0.1, 0.15) is 50.8 Å². The maximum atomic E-state index is 5.48. The van der Waals surface area contributed by atoms with Gasteiger partial charge in [0.15, 0.2) is 5.11 Å². The molecule has 0 spiro atoms. The van der Waals surface area contributed by atoms with Gasteiger partial charge < -0.3 is 15.5 Å². The largest absolute Gasteiger partial charge is 0.372 e. The summed E-state index contributed by atoms with van der Waals surface area (Å²) in [6.45, 7) is 8.99. The van der Waals surface area contributed by atoms with Crippen LogP contribution in [0.4, 0.5) is 11.4 Å². The van der Waals surface area contributed by atoms with E-state index >= 15 is 0 Å². The van der Waals surface area contributed by atoms with Crippen LogP contribution in [-0.2, 0) is 6.42 Å². The van der Waals surface area contributed by atoms with E-state index in [2.05, 4.69) is 84.8 Å². The van der Waals surface area contributed by atoms with Crippen LogP contribution >= 0.6 is 12.2 Å². The molecule has 1 unspecified atom stereocenters. The Hall–Kier alpha value is -2.07. The normalized spacial score (nSPS) is 16.0. The third-order valence-corrected chi connectivity index (χ3v) is 5.73. The molecule has 1 heterocycles. The minimum absolute atomic E-state index is 0.162. The Morgan fingerprint density at radius 1 is 1.07 bits per heavy atom. The maximum absolute atomic E-state index is 5.48. The number of rotatable bonds is 5. The molecule has 27 heavy (non-hydrogen) atoms. The second-order valence-corrected chi connectivity index (χ2v) is 8.04. The summed E-state index contributed by atoms with van der Waals surface area (Å²) in [4.78, 5) is 2.49. The average molecular weight is 382 g/mol. The van der Waals surface area contributed by atoms with E-state index in [1.807, 2.05) is 0 Å². The van der Waals surface area contributed by atoms with E-state index in [-0.39, 0.29) is 6.04 Å². The predicted molar refractivity (Wildman–Crippen MR) is 121 cm³/mol. The van der Waals surface area contributed by atoms with Crippen LogP contribution in [-0.4, -0.2) is 18.2 Å². The molecule has 1 fully saturated rings. The number of hydrogen-bond donors (Lipinski definition) is 2. The molecule has 2 aromatic rings. The van der Waals surface area contributed by atoms with Crippen LogP contribution in [0.5, 0.6) is 0 Å². The van der Waals surface area contributed by atoms with Crippen LogP contribution in [0.3, 0.4) is 0 Å². The molecule has 0 radical (unpaired) electrons. The first-order chi connectivity index (χ1) is 13.0. The van der Waals surface area contributed by atoms with Crippen LogP contribution in [0, 0.1) is 5.92 Å². The van der Waals surface area contributed by atoms with Gasteiger partial charge in [0.2, 0.25) is 0 Å². The molecule has 3 nitrogen and oxygen atoms in total. The molecule has 2 N–H and O–H groups in total. The fourth-order valence-electron chi connectivity index (χ4n) is 3.51. The van der Waals surface area contributed by atoms with Crippen molar-refractivity contribution >= 4 is 28.7 Å². The lowest BCUT2D eigenvalue weighted by molar-refractivity contribution is 0.438. The SMILES string of the molecule is CCc1ccc(NC(=S)NC(C)c2ccc(N3CCC(C)CC3)cc2)cc1. The minimum Gasteiger partial charge on any atom is -0.372 e. The highest BCUT2D eigenvalue weighted by Gasteiger charge is 2.16. The molecule has 0 aromatic heterocycles. The van der Waals surface area contributed by atoms with Gasteiger partial charge in [-0.3, -0.25) is 0 Å². The molecule has 4 heteroatoms. The molecule has 2 aromatic carbocycles. The zero-order valence-electron chi connectivity index (χ0n) is 16.7. The van der Waals surface area contributed by atoms with Gasteiger partial charge in [-0.25, -0.2) is 0 Å². The fraction of sp³-hybridized carbons (Fsp3) is 0.435. The standard InChI is InChI=1S/C23H31N3S/c1-4-19-5-9-21(10-6-19)25-23(27)24-18(3)20-7-11-22(12-8-20)26-15-13-17(2)14-16-26/h5-12,17-18H,4,13-16H2,1-3H3,(H2,24,25,27). The van der Waals surface area contributed by atoms with Gasteiger partial charge in [-0.05, 0) is 79.7 Å². The van der Waals surface area contributed by atoms with Crippen molar-refractivity contribution < 1.29 is 0 Å². The Morgan fingerprint density at radius 2 is 1.70 bits per heavy atom. The highest BCUT2D eigenvalue weighted by atomic mass is 32.1. The van der Waals surface area contributed by atoms with E-state index in [9.17, 15) is 0 Å². The summed E-state index contributed by atoms with van der Waals surface area (Å²) in [6, 6.07) is 17.5. The Balaban J connectivity index is 1.53. The number of hydrogen-bond acceptors (Lipinski definition) is 2. The third-order valence-electron chi connectivity index (χ3n) is 5.51. The molecule has 1 aliphatic rings. The summed E-state index contributed by atoms with van der Waals surface area (Å²) in [7, 11) is 0. The lowest BCUT2D eigenvalue weighted by Gasteiger charge is -2.32. The molecular weight excluding hydrogens is 350 g/mol. The molecule has 0 amide bonds. The van der Waals surface area contributed by atoms with Gasteiger partial charge in [-0.15, -0.1) is 0 Å². The van der Waals surface area contributed by atoms with E-state index < -0.39 is 0 Å². The highest BCUT2D eigenvalue weighted by Crippen LogP contribution is 2.24. The first-order valence-corrected chi connectivity index (χ1v) is 10.5. The van der Waals surface area contributed by atoms with E-state index in [0.29, 0.717) is 5.11 Å². The van der Waals surface area contributed by atoms with E-state index in [0.717, 1.165) is 18.0 Å². The predicted octanol–water partition coefficient (Wildman–Crippen LogP) is 5.53. The molecule has 144 valence electrons. The lowest BCUT2D eigenvalue weighted by atomic mass is 9.98. The number of piperidine rings is 1. The zero-order valence-corrected chi connectivity index (χ0v) is 17.5. The quantitative estimate of drug-likeness (QED) is 0.666. The number of anilines is 2. The number of nitrogens with one attached hydrogen (secondary N) is 2. The van der Waals surface area contributed by atoms with Crippen molar-refractivity contribution in [3.8, 4) is 0 Å². The van der Waals surface area contributed by atoms with Crippen LogP contribution < -0.4 is 15.5 Å². The summed E-state index contributed by atoms with van der Waals surface area (Å²) >= 11 is 5.48. The van der Waals surface area contributed by atoms with Crippen LogP contribution in [0.2, 0.25) is 0 Å². The fourth-order valence-corrected chi connectivity index (χ4v) is 3.81. The molecule has 0 bridgehead atoms. The second kappa shape index (κ2) is 9.23. The summed E-state index contributed by atoms with van der Waals surface area (Å²) in [5, 5.41) is 7.31. The van der Waals surface area contributed by atoms with Crippen molar-refractivity contribution in [2.24, 2.45) is 5.92 Å². The van der Waals surface area contributed by atoms with Gasteiger partial charge in [0.25, 0.3) is 0 Å². The van der Waals surface area contributed by atoms with Crippen molar-refractivity contribution in [2.75, 3.05) is 23.3 Å². The van der Waals surface area contributed by atoms with Crippen molar-refractivity contribution in [3.05, 3.63) is 59.7 Å². The number of aryl methyl sites for hydroxylation is 1. The van der Waals surface area contributed by atoms with E-state index in [4.69, 9.17) is 12.2 Å². The molecule has 3 rings (SSSR count). The Bertz CT molecular complexity index is 731. The summed E-state index contributed by atoms with van der Waals surface area (Å²) in [6.07, 6.45) is 3.63. The molecule has 0 aliphatic carbocycles. The van der Waals surface area contributed by atoms with Crippen LogP contribution in [0.25, 0.3) is 0 Å².